The predicted octanol–water partition coefficient (Wildman–Crippen LogP) is 3.86. The van der Waals surface area contributed by atoms with Crippen LogP contribution >= 0.6 is 15.9 Å². The summed E-state index contributed by atoms with van der Waals surface area (Å²) in [5.41, 5.74) is 0.977. The zero-order chi connectivity index (χ0) is 20.7. The molecule has 0 aliphatic carbocycles. The van der Waals surface area contributed by atoms with Crippen LogP contribution in [0.4, 0.5) is 5.69 Å². The highest BCUT2D eigenvalue weighted by molar-refractivity contribution is 9.10. The zero-order valence-electron chi connectivity index (χ0n) is 15.1. The third-order valence-corrected chi connectivity index (χ3v) is 4.15. The van der Waals surface area contributed by atoms with Gasteiger partial charge in [0.15, 0.2) is 17.6 Å². The summed E-state index contributed by atoms with van der Waals surface area (Å²) in [7, 11) is 1.41. The first-order valence-electron chi connectivity index (χ1n) is 8.10. The standard InChI is InChI=1S/C20H17BrN2O5/c1-12(20(25)26)28-17-8-3-13(10-18(17)27-2)9-14(11-22)19(24)23-16-6-4-15(21)5-7-16/h3-10,12H,1-2H3,(H,23,24)(H,25,26)/b14-9-/t12-/m1/s1. The maximum Gasteiger partial charge on any atom is 0.344 e. The molecule has 2 aromatic rings. The first-order chi connectivity index (χ1) is 13.3. The molecule has 0 radical (unpaired) electrons. The quantitative estimate of drug-likeness (QED) is 0.495. The van der Waals surface area contributed by atoms with Crippen molar-refractivity contribution in [2.75, 3.05) is 12.4 Å². The molecule has 0 aromatic heterocycles. The molecule has 0 unspecified atom stereocenters. The Morgan fingerprint density at radius 2 is 1.89 bits per heavy atom. The van der Waals surface area contributed by atoms with E-state index in [2.05, 4.69) is 21.2 Å². The van der Waals surface area contributed by atoms with Crippen LogP contribution < -0.4 is 14.8 Å². The number of rotatable bonds is 7. The zero-order valence-corrected chi connectivity index (χ0v) is 16.7. The number of carbonyl (C=O) groups excluding carboxylic acids is 1. The van der Waals surface area contributed by atoms with Gasteiger partial charge in [0.2, 0.25) is 0 Å². The van der Waals surface area contributed by atoms with Crippen molar-refractivity contribution in [2.24, 2.45) is 0 Å². The van der Waals surface area contributed by atoms with Crippen LogP contribution in [0.3, 0.4) is 0 Å². The molecule has 1 atom stereocenters. The molecule has 28 heavy (non-hydrogen) atoms. The first kappa shape index (κ1) is 21.0. The van der Waals surface area contributed by atoms with E-state index in [4.69, 9.17) is 14.6 Å². The van der Waals surface area contributed by atoms with Crippen LogP contribution in [0.15, 0.2) is 52.5 Å². The highest BCUT2D eigenvalue weighted by atomic mass is 79.9. The smallest absolute Gasteiger partial charge is 0.344 e. The van der Waals surface area contributed by atoms with E-state index in [1.807, 2.05) is 6.07 Å². The van der Waals surface area contributed by atoms with Crippen molar-refractivity contribution in [3.8, 4) is 17.6 Å². The van der Waals surface area contributed by atoms with Crippen molar-refractivity contribution in [1.29, 1.82) is 5.26 Å². The van der Waals surface area contributed by atoms with E-state index < -0.39 is 18.0 Å². The molecule has 2 N–H and O–H groups in total. The lowest BCUT2D eigenvalue weighted by molar-refractivity contribution is -0.144. The number of anilines is 1. The minimum absolute atomic E-state index is 0.0995. The van der Waals surface area contributed by atoms with Crippen LogP contribution in [0.25, 0.3) is 6.08 Å². The van der Waals surface area contributed by atoms with Crippen LogP contribution in [0.5, 0.6) is 11.5 Å². The van der Waals surface area contributed by atoms with Crippen LogP contribution in [-0.4, -0.2) is 30.2 Å². The third-order valence-electron chi connectivity index (χ3n) is 3.62. The first-order valence-corrected chi connectivity index (χ1v) is 8.89. The van der Waals surface area contributed by atoms with E-state index in [9.17, 15) is 14.9 Å². The maximum absolute atomic E-state index is 12.3. The van der Waals surface area contributed by atoms with E-state index in [1.165, 1.54) is 26.2 Å². The second-order valence-corrected chi connectivity index (χ2v) is 6.56. The Balaban J connectivity index is 2.23. The summed E-state index contributed by atoms with van der Waals surface area (Å²) >= 11 is 3.31. The van der Waals surface area contributed by atoms with Gasteiger partial charge in [0.25, 0.3) is 5.91 Å². The van der Waals surface area contributed by atoms with Crippen molar-refractivity contribution < 1.29 is 24.2 Å². The molecular formula is C20H17BrN2O5. The molecule has 8 heteroatoms. The largest absolute Gasteiger partial charge is 0.493 e. The van der Waals surface area contributed by atoms with Gasteiger partial charge in [0.05, 0.1) is 7.11 Å². The lowest BCUT2D eigenvalue weighted by Crippen LogP contribution is -2.23. The number of aliphatic carboxylic acids is 1. The number of amides is 1. The Morgan fingerprint density at radius 3 is 2.46 bits per heavy atom. The fourth-order valence-electron chi connectivity index (χ4n) is 2.16. The van der Waals surface area contributed by atoms with Crippen molar-refractivity contribution in [1.82, 2.24) is 0 Å². The van der Waals surface area contributed by atoms with Gasteiger partial charge in [-0.05, 0) is 55.0 Å². The summed E-state index contributed by atoms with van der Waals surface area (Å²) in [6, 6.07) is 13.5. The summed E-state index contributed by atoms with van der Waals surface area (Å²) in [4.78, 5) is 23.3. The lowest BCUT2D eigenvalue weighted by Gasteiger charge is -2.14. The molecule has 2 aromatic carbocycles. The van der Waals surface area contributed by atoms with E-state index in [-0.39, 0.29) is 17.1 Å². The number of carbonyl (C=O) groups is 2. The van der Waals surface area contributed by atoms with E-state index in [0.29, 0.717) is 11.3 Å². The van der Waals surface area contributed by atoms with Crippen molar-refractivity contribution in [3.63, 3.8) is 0 Å². The molecular weight excluding hydrogens is 428 g/mol. The highest BCUT2D eigenvalue weighted by Crippen LogP contribution is 2.30. The van der Waals surface area contributed by atoms with Gasteiger partial charge in [-0.25, -0.2) is 4.79 Å². The molecule has 144 valence electrons. The molecule has 0 heterocycles. The number of halogens is 1. The van der Waals surface area contributed by atoms with Crippen LogP contribution in [0.1, 0.15) is 12.5 Å². The topological polar surface area (TPSA) is 109 Å². The number of ether oxygens (including phenoxy) is 2. The van der Waals surface area contributed by atoms with Crippen LogP contribution in [0.2, 0.25) is 0 Å². The average Bonchev–Trinajstić information content (AvgIpc) is 2.68. The van der Waals surface area contributed by atoms with Gasteiger partial charge in [-0.15, -0.1) is 0 Å². The summed E-state index contributed by atoms with van der Waals surface area (Å²) in [5.74, 6) is -1.13. The summed E-state index contributed by atoms with van der Waals surface area (Å²) < 4.78 is 11.4. The van der Waals surface area contributed by atoms with E-state index in [0.717, 1.165) is 4.47 Å². The number of carboxylic acids is 1. The minimum Gasteiger partial charge on any atom is -0.493 e. The molecule has 2 rings (SSSR count). The molecule has 0 aliphatic heterocycles. The number of nitrogens with one attached hydrogen (secondary N) is 1. The van der Waals surface area contributed by atoms with E-state index >= 15 is 0 Å². The van der Waals surface area contributed by atoms with Gasteiger partial charge in [0.1, 0.15) is 11.6 Å². The third kappa shape index (κ3) is 5.59. The SMILES string of the molecule is COc1cc(/C=C(/C#N)C(=O)Nc2ccc(Br)cc2)ccc1O[C@H](C)C(=O)O. The molecule has 0 bridgehead atoms. The summed E-state index contributed by atoms with van der Waals surface area (Å²) in [6.07, 6.45) is 0.350. The summed E-state index contributed by atoms with van der Waals surface area (Å²) in [6.45, 7) is 1.40. The monoisotopic (exact) mass is 444 g/mol. The molecule has 0 fully saturated rings. The summed E-state index contributed by atoms with van der Waals surface area (Å²) in [5, 5.41) is 20.9. The Labute approximate surface area is 170 Å². The molecule has 0 saturated heterocycles. The molecule has 0 spiro atoms. The van der Waals surface area contributed by atoms with Gasteiger partial charge in [-0.3, -0.25) is 4.79 Å². The second-order valence-electron chi connectivity index (χ2n) is 5.64. The number of hydrogen-bond donors (Lipinski definition) is 2. The number of nitriles is 1. The fraction of sp³-hybridized carbons (Fsp3) is 0.150. The fourth-order valence-corrected chi connectivity index (χ4v) is 2.42. The predicted molar refractivity (Wildman–Crippen MR) is 107 cm³/mol. The van der Waals surface area contributed by atoms with E-state index in [1.54, 1.807) is 36.4 Å². The number of benzene rings is 2. The van der Waals surface area contributed by atoms with Crippen molar-refractivity contribution >= 4 is 39.6 Å². The van der Waals surface area contributed by atoms with Crippen LogP contribution in [-0.2, 0) is 9.59 Å². The Bertz CT molecular complexity index is 948. The second kappa shape index (κ2) is 9.58. The van der Waals surface area contributed by atoms with Gasteiger partial charge in [0, 0.05) is 10.2 Å². The lowest BCUT2D eigenvalue weighted by atomic mass is 10.1. The van der Waals surface area contributed by atoms with Crippen molar-refractivity contribution in [2.45, 2.75) is 13.0 Å². The van der Waals surface area contributed by atoms with Gasteiger partial charge in [-0.1, -0.05) is 22.0 Å². The Morgan fingerprint density at radius 1 is 1.21 bits per heavy atom. The molecule has 0 saturated carbocycles. The normalized spacial score (nSPS) is 11.9. The van der Waals surface area contributed by atoms with Crippen molar-refractivity contribution in [3.05, 3.63) is 58.1 Å². The average molecular weight is 445 g/mol. The molecule has 7 nitrogen and oxygen atoms in total. The number of hydrogen-bond acceptors (Lipinski definition) is 5. The molecule has 1 amide bonds. The number of methoxy groups -OCH3 is 1. The van der Waals surface area contributed by atoms with Crippen LogP contribution in [0, 0.1) is 11.3 Å². The Hall–Kier alpha value is -3.31. The number of nitrogens with zero attached hydrogens (tertiary/aromatic N) is 1. The highest BCUT2D eigenvalue weighted by Gasteiger charge is 2.16. The number of carboxylic acid groups (broad SMARTS) is 1. The van der Waals surface area contributed by atoms with Gasteiger partial charge >= 0.3 is 5.97 Å². The molecule has 0 aliphatic rings. The van der Waals surface area contributed by atoms with Gasteiger partial charge in [-0.2, -0.15) is 5.26 Å². The van der Waals surface area contributed by atoms with Gasteiger partial charge < -0.3 is 19.9 Å². The Kier molecular flexibility index (Phi) is 7.18. The maximum atomic E-state index is 12.3. The minimum atomic E-state index is -1.11.